The number of anilines is 2. The first-order chi connectivity index (χ1) is 8.19. The Balaban J connectivity index is 2.31. The number of nitrogens with zero attached hydrogens (tertiary/aromatic N) is 2. The van der Waals surface area contributed by atoms with Crippen LogP contribution in [0.2, 0.25) is 0 Å². The molecular formula is C13H10BrN3. The minimum atomic E-state index is 0.405. The van der Waals surface area contributed by atoms with E-state index in [-0.39, 0.29) is 0 Å². The van der Waals surface area contributed by atoms with Gasteiger partial charge in [-0.15, -0.1) is 0 Å². The molecule has 1 aromatic carbocycles. The molecule has 0 bridgehead atoms. The molecule has 4 heteroatoms. The minimum Gasteiger partial charge on any atom is -0.340 e. The molecular weight excluding hydrogens is 278 g/mol. The fourth-order valence-corrected chi connectivity index (χ4v) is 1.79. The van der Waals surface area contributed by atoms with Crippen molar-refractivity contribution in [3.8, 4) is 6.07 Å². The highest BCUT2D eigenvalue weighted by molar-refractivity contribution is 9.10. The monoisotopic (exact) mass is 287 g/mol. The first-order valence-electron chi connectivity index (χ1n) is 5.09. The summed E-state index contributed by atoms with van der Waals surface area (Å²) in [6.07, 6.45) is 0. The smallest absolute Gasteiger partial charge is 0.142 e. The average Bonchev–Trinajstić information content (AvgIpc) is 2.34. The zero-order valence-corrected chi connectivity index (χ0v) is 10.8. The highest BCUT2D eigenvalue weighted by Gasteiger charge is 2.01. The van der Waals surface area contributed by atoms with Crippen molar-refractivity contribution in [3.63, 3.8) is 0 Å². The molecule has 0 aliphatic carbocycles. The van der Waals surface area contributed by atoms with Crippen molar-refractivity contribution in [2.75, 3.05) is 5.32 Å². The molecule has 0 saturated carbocycles. The topological polar surface area (TPSA) is 48.7 Å². The standard InChI is InChI=1S/C13H10BrN3/c1-9-5-6-10(14)7-12(9)17-13-4-2-3-11(8-15)16-13/h2-7H,1H3,(H,16,17). The first kappa shape index (κ1) is 11.6. The summed E-state index contributed by atoms with van der Waals surface area (Å²) in [5, 5.41) is 12.0. The van der Waals surface area contributed by atoms with Gasteiger partial charge in [0.25, 0.3) is 0 Å². The number of aromatic nitrogens is 1. The number of halogens is 1. The normalized spacial score (nSPS) is 9.71. The van der Waals surface area contributed by atoms with Crippen LogP contribution in [0.25, 0.3) is 0 Å². The molecule has 0 spiro atoms. The number of hydrogen-bond donors (Lipinski definition) is 1. The third kappa shape index (κ3) is 2.83. The van der Waals surface area contributed by atoms with Crippen molar-refractivity contribution >= 4 is 27.4 Å². The van der Waals surface area contributed by atoms with Crippen molar-refractivity contribution in [2.24, 2.45) is 0 Å². The van der Waals surface area contributed by atoms with Gasteiger partial charge in [0.1, 0.15) is 17.6 Å². The highest BCUT2D eigenvalue weighted by Crippen LogP contribution is 2.23. The van der Waals surface area contributed by atoms with Gasteiger partial charge < -0.3 is 5.32 Å². The van der Waals surface area contributed by atoms with Gasteiger partial charge in [-0.2, -0.15) is 5.26 Å². The molecule has 84 valence electrons. The van der Waals surface area contributed by atoms with Crippen molar-refractivity contribution in [2.45, 2.75) is 6.92 Å². The Hall–Kier alpha value is -1.86. The van der Waals surface area contributed by atoms with Gasteiger partial charge in [-0.05, 0) is 36.8 Å². The molecule has 0 atom stereocenters. The second-order valence-corrected chi connectivity index (χ2v) is 4.52. The highest BCUT2D eigenvalue weighted by atomic mass is 79.9. The third-order valence-corrected chi connectivity index (χ3v) is 2.82. The maximum absolute atomic E-state index is 8.78. The van der Waals surface area contributed by atoms with Crippen molar-refractivity contribution < 1.29 is 0 Å². The van der Waals surface area contributed by atoms with Crippen LogP contribution in [0.15, 0.2) is 40.9 Å². The second-order valence-electron chi connectivity index (χ2n) is 3.60. The van der Waals surface area contributed by atoms with Crippen LogP contribution in [0.4, 0.5) is 11.5 Å². The van der Waals surface area contributed by atoms with Gasteiger partial charge in [-0.3, -0.25) is 0 Å². The van der Waals surface area contributed by atoms with Crippen molar-refractivity contribution in [1.29, 1.82) is 5.26 Å². The van der Waals surface area contributed by atoms with Crippen LogP contribution in [0.5, 0.6) is 0 Å². The van der Waals surface area contributed by atoms with Crippen LogP contribution < -0.4 is 5.32 Å². The Morgan fingerprint density at radius 3 is 2.88 bits per heavy atom. The molecule has 1 heterocycles. The quantitative estimate of drug-likeness (QED) is 0.915. The number of hydrogen-bond acceptors (Lipinski definition) is 3. The maximum Gasteiger partial charge on any atom is 0.142 e. The molecule has 2 aromatic rings. The third-order valence-electron chi connectivity index (χ3n) is 2.33. The molecule has 0 aliphatic rings. The van der Waals surface area contributed by atoms with Gasteiger partial charge in [0.2, 0.25) is 0 Å². The number of rotatable bonds is 2. The summed E-state index contributed by atoms with van der Waals surface area (Å²) in [4.78, 5) is 4.17. The van der Waals surface area contributed by atoms with Gasteiger partial charge in [0.15, 0.2) is 0 Å². The molecule has 0 unspecified atom stereocenters. The van der Waals surface area contributed by atoms with Crippen LogP contribution >= 0.6 is 15.9 Å². The summed E-state index contributed by atoms with van der Waals surface area (Å²) in [6, 6.07) is 13.3. The first-order valence-corrected chi connectivity index (χ1v) is 5.88. The lowest BCUT2D eigenvalue weighted by Gasteiger charge is -2.09. The van der Waals surface area contributed by atoms with Crippen LogP contribution in [0.1, 0.15) is 11.3 Å². The van der Waals surface area contributed by atoms with E-state index in [1.54, 1.807) is 12.1 Å². The molecule has 2 rings (SSSR count). The molecule has 3 nitrogen and oxygen atoms in total. The Bertz CT molecular complexity index is 587. The SMILES string of the molecule is Cc1ccc(Br)cc1Nc1cccc(C#N)n1. The number of pyridine rings is 1. The molecule has 1 N–H and O–H groups in total. The Morgan fingerprint density at radius 1 is 1.29 bits per heavy atom. The Kier molecular flexibility index (Phi) is 3.40. The second kappa shape index (κ2) is 4.98. The lowest BCUT2D eigenvalue weighted by Crippen LogP contribution is -1.96. The van der Waals surface area contributed by atoms with E-state index in [4.69, 9.17) is 5.26 Å². The van der Waals surface area contributed by atoms with Crippen molar-refractivity contribution in [3.05, 3.63) is 52.1 Å². The van der Waals surface area contributed by atoms with Gasteiger partial charge in [0, 0.05) is 10.2 Å². The summed E-state index contributed by atoms with van der Waals surface area (Å²) >= 11 is 3.43. The molecule has 0 amide bonds. The van der Waals surface area contributed by atoms with Gasteiger partial charge in [-0.25, -0.2) is 4.98 Å². The average molecular weight is 288 g/mol. The fourth-order valence-electron chi connectivity index (χ4n) is 1.43. The number of aryl methyl sites for hydroxylation is 1. The summed E-state index contributed by atoms with van der Waals surface area (Å²) in [5.41, 5.74) is 2.50. The van der Waals surface area contributed by atoms with E-state index in [1.165, 1.54) is 0 Å². The van der Waals surface area contributed by atoms with E-state index < -0.39 is 0 Å². The van der Waals surface area contributed by atoms with E-state index in [1.807, 2.05) is 37.3 Å². The van der Waals surface area contributed by atoms with Crippen LogP contribution in [0.3, 0.4) is 0 Å². The summed E-state index contributed by atoms with van der Waals surface area (Å²) in [6.45, 7) is 2.02. The van der Waals surface area contributed by atoms with Crippen LogP contribution in [0, 0.1) is 18.3 Å². The summed E-state index contributed by atoms with van der Waals surface area (Å²) in [5.74, 6) is 0.672. The van der Waals surface area contributed by atoms with E-state index in [9.17, 15) is 0 Å². The largest absolute Gasteiger partial charge is 0.340 e. The predicted octanol–water partition coefficient (Wildman–Crippen LogP) is 3.77. The van der Waals surface area contributed by atoms with E-state index in [0.29, 0.717) is 11.5 Å². The van der Waals surface area contributed by atoms with Gasteiger partial charge >= 0.3 is 0 Å². The predicted molar refractivity (Wildman–Crippen MR) is 71.1 cm³/mol. The Labute approximate surface area is 108 Å². The number of nitriles is 1. The molecule has 0 aliphatic heterocycles. The zero-order chi connectivity index (χ0) is 12.3. The van der Waals surface area contributed by atoms with Gasteiger partial charge in [0.05, 0.1) is 0 Å². The fraction of sp³-hybridized carbons (Fsp3) is 0.0769. The van der Waals surface area contributed by atoms with E-state index in [2.05, 4.69) is 26.2 Å². The Morgan fingerprint density at radius 2 is 2.12 bits per heavy atom. The molecule has 0 radical (unpaired) electrons. The van der Waals surface area contributed by atoms with Crippen LogP contribution in [-0.4, -0.2) is 4.98 Å². The number of benzene rings is 1. The molecule has 0 fully saturated rings. The molecule has 0 saturated heterocycles. The summed E-state index contributed by atoms with van der Waals surface area (Å²) < 4.78 is 1.00. The van der Waals surface area contributed by atoms with E-state index in [0.717, 1.165) is 15.7 Å². The molecule has 1 aromatic heterocycles. The lowest BCUT2D eigenvalue weighted by atomic mass is 10.2. The zero-order valence-electron chi connectivity index (χ0n) is 9.24. The summed E-state index contributed by atoms with van der Waals surface area (Å²) in [7, 11) is 0. The van der Waals surface area contributed by atoms with E-state index >= 15 is 0 Å². The minimum absolute atomic E-state index is 0.405. The molecule has 17 heavy (non-hydrogen) atoms. The lowest BCUT2D eigenvalue weighted by molar-refractivity contribution is 1.25. The van der Waals surface area contributed by atoms with Crippen molar-refractivity contribution in [1.82, 2.24) is 4.98 Å². The van der Waals surface area contributed by atoms with Crippen LogP contribution in [-0.2, 0) is 0 Å². The van der Waals surface area contributed by atoms with Gasteiger partial charge in [-0.1, -0.05) is 28.1 Å². The maximum atomic E-state index is 8.78. The number of nitrogens with one attached hydrogen (secondary N) is 1.